The first-order valence-corrected chi connectivity index (χ1v) is 12.2. The number of halogens is 3. The second-order valence-corrected chi connectivity index (χ2v) is 8.61. The molecular formula is C24H38F3N3O4. The van der Waals surface area contributed by atoms with Crippen LogP contribution in [0.15, 0.2) is 12.3 Å². The number of fused-ring (bicyclic) bond motifs is 1. The van der Waals surface area contributed by atoms with Crippen LogP contribution in [0.25, 0.3) is 0 Å². The third-order valence-electron chi connectivity index (χ3n) is 6.12. The van der Waals surface area contributed by atoms with E-state index in [4.69, 9.17) is 9.84 Å². The number of aromatic nitrogens is 1. The molecule has 10 heteroatoms. The molecule has 1 aliphatic heterocycles. The average Bonchev–Trinajstić information content (AvgIpc) is 3.25. The molecule has 3 atom stereocenters. The molecule has 0 radical (unpaired) electrons. The number of carbonyl (C=O) groups is 1. The summed E-state index contributed by atoms with van der Waals surface area (Å²) >= 11 is 0. The summed E-state index contributed by atoms with van der Waals surface area (Å²) in [5, 5.41) is 11.2. The molecule has 1 aromatic rings. The van der Waals surface area contributed by atoms with Gasteiger partial charge in [0.25, 0.3) is 0 Å². The summed E-state index contributed by atoms with van der Waals surface area (Å²) in [6, 6.07) is 2.04. The number of aliphatic hydroxyl groups excluding tert-OH is 1. The first-order chi connectivity index (χ1) is 16.2. The van der Waals surface area contributed by atoms with Gasteiger partial charge in [0.2, 0.25) is 5.91 Å². The van der Waals surface area contributed by atoms with E-state index in [9.17, 15) is 18.0 Å². The summed E-state index contributed by atoms with van der Waals surface area (Å²) in [5.74, 6) is -0.311. The number of hydrogen-bond donors (Lipinski definition) is 2. The van der Waals surface area contributed by atoms with Gasteiger partial charge in [-0.2, -0.15) is 0 Å². The fourth-order valence-electron chi connectivity index (χ4n) is 4.51. The van der Waals surface area contributed by atoms with E-state index < -0.39 is 6.36 Å². The average molecular weight is 490 g/mol. The van der Waals surface area contributed by atoms with Gasteiger partial charge in [-0.25, -0.2) is 0 Å². The molecule has 0 spiro atoms. The minimum absolute atomic E-state index is 0.0500. The lowest BCUT2D eigenvalue weighted by molar-refractivity contribution is -0.274. The van der Waals surface area contributed by atoms with Gasteiger partial charge in [0, 0.05) is 63.0 Å². The monoisotopic (exact) mass is 489 g/mol. The molecular weight excluding hydrogens is 451 g/mol. The predicted molar refractivity (Wildman–Crippen MR) is 122 cm³/mol. The van der Waals surface area contributed by atoms with Crippen molar-refractivity contribution in [3.8, 4) is 5.75 Å². The van der Waals surface area contributed by atoms with Crippen LogP contribution in [0.2, 0.25) is 0 Å². The van der Waals surface area contributed by atoms with Crippen LogP contribution in [0, 0.1) is 5.92 Å². The lowest BCUT2D eigenvalue weighted by Gasteiger charge is -2.30. The lowest BCUT2D eigenvalue weighted by Crippen LogP contribution is -2.41. The van der Waals surface area contributed by atoms with Gasteiger partial charge >= 0.3 is 6.36 Å². The Kier molecular flexibility index (Phi) is 11.5. The molecule has 3 rings (SSSR count). The van der Waals surface area contributed by atoms with Crippen LogP contribution in [-0.4, -0.2) is 65.7 Å². The van der Waals surface area contributed by atoms with E-state index in [1.807, 2.05) is 6.92 Å². The molecule has 2 aliphatic rings. The van der Waals surface area contributed by atoms with Crippen LogP contribution in [0.5, 0.6) is 5.75 Å². The fourth-order valence-corrected chi connectivity index (χ4v) is 4.51. The van der Waals surface area contributed by atoms with Crippen LogP contribution in [0.3, 0.4) is 0 Å². The zero-order chi connectivity index (χ0) is 25.1. The Bertz CT molecular complexity index is 763. The first-order valence-electron chi connectivity index (χ1n) is 12.2. The second-order valence-electron chi connectivity index (χ2n) is 8.61. The maximum atomic E-state index is 13.1. The van der Waals surface area contributed by atoms with Crippen molar-refractivity contribution in [2.75, 3.05) is 26.4 Å². The fraction of sp³-hybridized carbons (Fsp3) is 0.750. The van der Waals surface area contributed by atoms with Crippen LogP contribution in [-0.2, 0) is 22.5 Å². The summed E-state index contributed by atoms with van der Waals surface area (Å²) in [5.41, 5.74) is 1.35. The van der Waals surface area contributed by atoms with Crippen LogP contribution < -0.4 is 10.1 Å². The molecule has 7 nitrogen and oxygen atoms in total. The molecule has 1 aliphatic carbocycles. The molecule has 1 aromatic heterocycles. The zero-order valence-corrected chi connectivity index (χ0v) is 20.4. The highest BCUT2D eigenvalue weighted by atomic mass is 19.4. The highest BCUT2D eigenvalue weighted by Gasteiger charge is 2.35. The van der Waals surface area contributed by atoms with Crippen molar-refractivity contribution >= 4 is 5.91 Å². The first kappa shape index (κ1) is 28.3. The molecule has 3 unspecified atom stereocenters. The van der Waals surface area contributed by atoms with E-state index >= 15 is 0 Å². The topological polar surface area (TPSA) is 83.9 Å². The smallest absolute Gasteiger partial charge is 0.404 e. The molecule has 2 N–H and O–H groups in total. The van der Waals surface area contributed by atoms with E-state index in [0.717, 1.165) is 57.2 Å². The number of ether oxygens (including phenoxy) is 2. The van der Waals surface area contributed by atoms with Crippen molar-refractivity contribution in [1.29, 1.82) is 0 Å². The molecule has 0 bridgehead atoms. The highest BCUT2D eigenvalue weighted by Crippen LogP contribution is 2.31. The Morgan fingerprint density at radius 2 is 2.06 bits per heavy atom. The number of amides is 1. The number of alkyl halides is 3. The summed E-state index contributed by atoms with van der Waals surface area (Å²) in [4.78, 5) is 18.9. The predicted octanol–water partition coefficient (Wildman–Crippen LogP) is 3.83. The van der Waals surface area contributed by atoms with E-state index in [1.165, 1.54) is 6.07 Å². The molecule has 194 valence electrons. The van der Waals surface area contributed by atoms with Crippen molar-refractivity contribution < 1.29 is 32.5 Å². The second kappa shape index (κ2) is 13.8. The summed E-state index contributed by atoms with van der Waals surface area (Å²) in [7, 11) is 0. The minimum Gasteiger partial charge on any atom is -0.404 e. The molecule has 0 aromatic carbocycles. The van der Waals surface area contributed by atoms with Crippen molar-refractivity contribution in [2.45, 2.75) is 84.3 Å². The minimum atomic E-state index is -4.76. The molecule has 1 amide bonds. The molecule has 1 fully saturated rings. The number of rotatable bonds is 9. The molecule has 2 heterocycles. The Morgan fingerprint density at radius 3 is 2.71 bits per heavy atom. The molecule has 1 saturated carbocycles. The van der Waals surface area contributed by atoms with Crippen molar-refractivity contribution in [3.63, 3.8) is 0 Å². The number of hydrogen-bond acceptors (Lipinski definition) is 6. The SMILES string of the molecule is CCO.CCOCCC(CC)NC1CCC(C(=O)N2CCc3ncc(OC(F)(F)F)cc3C2)C1. The number of nitrogens with one attached hydrogen (secondary N) is 1. The zero-order valence-electron chi connectivity index (χ0n) is 20.4. The van der Waals surface area contributed by atoms with E-state index in [2.05, 4.69) is 22.0 Å². The van der Waals surface area contributed by atoms with Gasteiger partial charge in [-0.3, -0.25) is 9.78 Å². The highest BCUT2D eigenvalue weighted by molar-refractivity contribution is 5.79. The van der Waals surface area contributed by atoms with Gasteiger partial charge < -0.3 is 24.8 Å². The lowest BCUT2D eigenvalue weighted by atomic mass is 10.0. The van der Waals surface area contributed by atoms with Crippen molar-refractivity contribution in [1.82, 2.24) is 15.2 Å². The summed E-state index contributed by atoms with van der Waals surface area (Å²) in [6.07, 6.45) is 1.42. The Morgan fingerprint density at radius 1 is 1.32 bits per heavy atom. The summed E-state index contributed by atoms with van der Waals surface area (Å²) in [6.45, 7) is 8.33. The van der Waals surface area contributed by atoms with Gasteiger partial charge in [0.05, 0.1) is 6.20 Å². The Balaban J connectivity index is 0.00000129. The van der Waals surface area contributed by atoms with Gasteiger partial charge in [0.1, 0.15) is 5.75 Å². The standard InChI is InChI=1S/C22H32F3N3O3.C2H6O/c1-3-17(8-10-30-4-2)27-18-6-5-15(11-18)21(29)28-9-7-20-16(14-28)12-19(13-26-20)31-22(23,24)25;1-2-3/h12-13,15,17-18,27H,3-11,14H2,1-2H3;3H,2H2,1H3. The van der Waals surface area contributed by atoms with E-state index in [1.54, 1.807) is 11.8 Å². The van der Waals surface area contributed by atoms with E-state index in [-0.39, 0.29) is 30.7 Å². The summed E-state index contributed by atoms with van der Waals surface area (Å²) < 4.78 is 46.9. The third-order valence-corrected chi connectivity index (χ3v) is 6.12. The molecule has 0 saturated heterocycles. The number of aliphatic hydroxyl groups is 1. The normalized spacial score (nSPS) is 20.9. The largest absolute Gasteiger partial charge is 0.573 e. The van der Waals surface area contributed by atoms with Crippen LogP contribution in [0.4, 0.5) is 13.2 Å². The van der Waals surface area contributed by atoms with Gasteiger partial charge in [-0.15, -0.1) is 13.2 Å². The van der Waals surface area contributed by atoms with Gasteiger partial charge in [-0.05, 0) is 57.6 Å². The van der Waals surface area contributed by atoms with E-state index in [0.29, 0.717) is 30.6 Å². The van der Waals surface area contributed by atoms with Crippen LogP contribution in [0.1, 0.15) is 64.1 Å². The van der Waals surface area contributed by atoms with Crippen LogP contribution >= 0.6 is 0 Å². The maximum absolute atomic E-state index is 13.1. The number of pyridine rings is 1. The maximum Gasteiger partial charge on any atom is 0.573 e. The third kappa shape index (κ3) is 9.03. The van der Waals surface area contributed by atoms with Crippen molar-refractivity contribution in [3.05, 3.63) is 23.5 Å². The Hall–Kier alpha value is -1.91. The van der Waals surface area contributed by atoms with Gasteiger partial charge in [-0.1, -0.05) is 6.92 Å². The number of nitrogens with zero attached hydrogens (tertiary/aromatic N) is 2. The molecule has 34 heavy (non-hydrogen) atoms. The number of carbonyl (C=O) groups excluding carboxylic acids is 1. The Labute approximate surface area is 200 Å². The van der Waals surface area contributed by atoms with Gasteiger partial charge in [0.15, 0.2) is 0 Å². The van der Waals surface area contributed by atoms with Crippen molar-refractivity contribution in [2.24, 2.45) is 5.92 Å². The quantitative estimate of drug-likeness (QED) is 0.513.